The zero-order valence-electron chi connectivity index (χ0n) is 14.1. The molecule has 0 heterocycles. The second-order valence-electron chi connectivity index (χ2n) is 6.57. The second-order valence-corrected chi connectivity index (χ2v) is 6.57. The molecule has 4 rings (SSSR count). The molecule has 126 valence electrons. The van der Waals surface area contributed by atoms with E-state index >= 15 is 0 Å². The monoisotopic (exact) mass is 331 g/mol. The lowest BCUT2D eigenvalue weighted by Gasteiger charge is -2.20. The van der Waals surface area contributed by atoms with Crippen LogP contribution >= 0.6 is 0 Å². The van der Waals surface area contributed by atoms with Crippen LogP contribution in [-0.4, -0.2) is 12.5 Å². The summed E-state index contributed by atoms with van der Waals surface area (Å²) in [5.41, 5.74) is 1.02. The van der Waals surface area contributed by atoms with E-state index in [-0.39, 0.29) is 11.4 Å². The summed E-state index contributed by atoms with van der Waals surface area (Å²) in [6, 6.07) is 24.3. The Hall–Kier alpha value is -2.81. The van der Waals surface area contributed by atoms with E-state index in [9.17, 15) is 4.79 Å². The van der Waals surface area contributed by atoms with E-state index in [2.05, 4.69) is 41.7 Å². The predicted octanol–water partition coefficient (Wildman–Crippen LogP) is 4.41. The van der Waals surface area contributed by atoms with Crippen LogP contribution < -0.4 is 10.1 Å². The van der Waals surface area contributed by atoms with E-state index in [1.165, 1.54) is 16.3 Å². The number of hydrogen-bond acceptors (Lipinski definition) is 2. The fourth-order valence-electron chi connectivity index (χ4n) is 3.34. The molecular formula is C22H21NO2. The maximum absolute atomic E-state index is 12.4. The lowest BCUT2D eigenvalue weighted by molar-refractivity contribution is -0.122. The van der Waals surface area contributed by atoms with E-state index in [1.807, 2.05) is 36.4 Å². The van der Waals surface area contributed by atoms with Gasteiger partial charge in [0.2, 0.25) is 5.91 Å². The molecule has 25 heavy (non-hydrogen) atoms. The van der Waals surface area contributed by atoms with E-state index in [0.29, 0.717) is 13.0 Å². The van der Waals surface area contributed by atoms with Crippen molar-refractivity contribution in [2.45, 2.75) is 24.8 Å². The average Bonchev–Trinajstić information content (AvgIpc) is 3.42. The highest BCUT2D eigenvalue weighted by molar-refractivity contribution is 5.88. The van der Waals surface area contributed by atoms with Crippen molar-refractivity contribution in [3.05, 3.63) is 78.4 Å². The third kappa shape index (κ3) is 3.36. The van der Waals surface area contributed by atoms with Crippen molar-refractivity contribution >= 4 is 16.7 Å². The van der Waals surface area contributed by atoms with Crippen molar-refractivity contribution in [2.75, 3.05) is 6.61 Å². The van der Waals surface area contributed by atoms with Gasteiger partial charge in [0.25, 0.3) is 0 Å². The molecule has 3 aromatic carbocycles. The van der Waals surface area contributed by atoms with Gasteiger partial charge in [-0.2, -0.15) is 0 Å². The molecule has 1 amide bonds. The molecule has 1 fully saturated rings. The molecule has 3 heteroatoms. The van der Waals surface area contributed by atoms with Gasteiger partial charge in [-0.3, -0.25) is 4.79 Å². The van der Waals surface area contributed by atoms with Gasteiger partial charge >= 0.3 is 0 Å². The van der Waals surface area contributed by atoms with Crippen LogP contribution in [0.5, 0.6) is 5.75 Å². The Kier molecular flexibility index (Phi) is 4.14. The standard InChI is InChI=1S/C22H21NO2/c24-21(13-16-25-18-9-2-1-3-10-18)23-22(14-15-22)20-12-6-8-17-7-4-5-11-19(17)20/h1-12H,13-16H2,(H,23,24). The first-order valence-electron chi connectivity index (χ1n) is 8.74. The van der Waals surface area contributed by atoms with E-state index in [0.717, 1.165) is 18.6 Å². The quantitative estimate of drug-likeness (QED) is 0.726. The average molecular weight is 331 g/mol. The van der Waals surface area contributed by atoms with Gasteiger partial charge in [0, 0.05) is 0 Å². The van der Waals surface area contributed by atoms with E-state index in [4.69, 9.17) is 4.74 Å². The SMILES string of the molecule is O=C(CCOc1ccccc1)NC1(c2cccc3ccccc23)CC1. The summed E-state index contributed by atoms with van der Waals surface area (Å²) in [7, 11) is 0. The number of fused-ring (bicyclic) bond motifs is 1. The molecule has 3 nitrogen and oxygen atoms in total. The van der Waals surface area contributed by atoms with Crippen LogP contribution in [0.25, 0.3) is 10.8 Å². The number of ether oxygens (including phenoxy) is 1. The molecule has 0 bridgehead atoms. The maximum Gasteiger partial charge on any atom is 0.224 e. The van der Waals surface area contributed by atoms with Gasteiger partial charge < -0.3 is 10.1 Å². The molecular weight excluding hydrogens is 310 g/mol. The lowest BCUT2D eigenvalue weighted by atomic mass is 9.97. The summed E-state index contributed by atoms with van der Waals surface area (Å²) in [6.45, 7) is 0.390. The topological polar surface area (TPSA) is 38.3 Å². The van der Waals surface area contributed by atoms with Gasteiger partial charge in [-0.25, -0.2) is 0 Å². The van der Waals surface area contributed by atoms with Crippen molar-refractivity contribution in [3.63, 3.8) is 0 Å². The normalized spacial score (nSPS) is 14.9. The number of carbonyl (C=O) groups excluding carboxylic acids is 1. The molecule has 0 unspecified atom stereocenters. The molecule has 1 saturated carbocycles. The van der Waals surface area contributed by atoms with Crippen LogP contribution in [-0.2, 0) is 10.3 Å². The largest absolute Gasteiger partial charge is 0.493 e. The van der Waals surface area contributed by atoms with Crippen molar-refractivity contribution in [1.82, 2.24) is 5.32 Å². The minimum atomic E-state index is -0.204. The highest BCUT2D eigenvalue weighted by Gasteiger charge is 2.46. The molecule has 0 spiro atoms. The Morgan fingerprint density at radius 1 is 0.920 bits per heavy atom. The van der Waals surface area contributed by atoms with Crippen LogP contribution in [0, 0.1) is 0 Å². The van der Waals surface area contributed by atoms with Gasteiger partial charge in [0.15, 0.2) is 0 Å². The number of benzene rings is 3. The van der Waals surface area contributed by atoms with Gasteiger partial charge in [0.05, 0.1) is 18.6 Å². The van der Waals surface area contributed by atoms with Crippen LogP contribution in [0.1, 0.15) is 24.8 Å². The number of para-hydroxylation sites is 1. The highest BCUT2D eigenvalue weighted by Crippen LogP contribution is 2.47. The van der Waals surface area contributed by atoms with Gasteiger partial charge in [-0.15, -0.1) is 0 Å². The molecule has 0 saturated heterocycles. The van der Waals surface area contributed by atoms with Gasteiger partial charge in [-0.1, -0.05) is 60.7 Å². The minimum absolute atomic E-state index is 0.0429. The van der Waals surface area contributed by atoms with Crippen molar-refractivity contribution < 1.29 is 9.53 Å². The van der Waals surface area contributed by atoms with Crippen LogP contribution in [0.15, 0.2) is 72.8 Å². The third-order valence-corrected chi connectivity index (χ3v) is 4.77. The third-order valence-electron chi connectivity index (χ3n) is 4.77. The van der Waals surface area contributed by atoms with Crippen LogP contribution in [0.4, 0.5) is 0 Å². The maximum atomic E-state index is 12.4. The summed E-state index contributed by atoms with van der Waals surface area (Å²) in [5.74, 6) is 0.840. The molecule has 3 aromatic rings. The fraction of sp³-hybridized carbons (Fsp3) is 0.227. The predicted molar refractivity (Wildman–Crippen MR) is 99.6 cm³/mol. The summed E-state index contributed by atoms with van der Waals surface area (Å²) in [5, 5.41) is 5.68. The molecule has 1 aliphatic carbocycles. The smallest absolute Gasteiger partial charge is 0.224 e. The number of rotatable bonds is 6. The Morgan fingerprint density at radius 3 is 2.44 bits per heavy atom. The number of amides is 1. The molecule has 0 radical (unpaired) electrons. The summed E-state index contributed by atoms with van der Waals surface area (Å²) >= 11 is 0. The Morgan fingerprint density at radius 2 is 1.64 bits per heavy atom. The molecule has 0 aliphatic heterocycles. The van der Waals surface area contributed by atoms with Gasteiger partial charge in [-0.05, 0) is 41.3 Å². The molecule has 0 atom stereocenters. The first-order valence-corrected chi connectivity index (χ1v) is 8.74. The van der Waals surface area contributed by atoms with Crippen molar-refractivity contribution in [1.29, 1.82) is 0 Å². The Balaban J connectivity index is 1.42. The molecule has 1 aliphatic rings. The van der Waals surface area contributed by atoms with E-state index < -0.39 is 0 Å². The first-order chi connectivity index (χ1) is 12.3. The second kappa shape index (κ2) is 6.60. The summed E-state index contributed by atoms with van der Waals surface area (Å²) in [4.78, 5) is 12.4. The summed E-state index contributed by atoms with van der Waals surface area (Å²) < 4.78 is 5.63. The molecule has 1 N–H and O–H groups in total. The van der Waals surface area contributed by atoms with Crippen molar-refractivity contribution in [3.8, 4) is 5.75 Å². The van der Waals surface area contributed by atoms with Gasteiger partial charge in [0.1, 0.15) is 5.75 Å². The van der Waals surface area contributed by atoms with Crippen LogP contribution in [0.2, 0.25) is 0 Å². The zero-order chi connectivity index (χ0) is 17.1. The number of nitrogens with one attached hydrogen (secondary N) is 1. The zero-order valence-corrected chi connectivity index (χ0v) is 14.1. The Bertz CT molecular complexity index is 879. The van der Waals surface area contributed by atoms with Crippen LogP contribution in [0.3, 0.4) is 0 Å². The summed E-state index contributed by atoms with van der Waals surface area (Å²) in [6.07, 6.45) is 2.35. The fourth-order valence-corrected chi connectivity index (χ4v) is 3.34. The lowest BCUT2D eigenvalue weighted by Crippen LogP contribution is -2.35. The first kappa shape index (κ1) is 15.7. The van der Waals surface area contributed by atoms with Crippen molar-refractivity contribution in [2.24, 2.45) is 0 Å². The number of carbonyl (C=O) groups is 1. The highest BCUT2D eigenvalue weighted by atomic mass is 16.5. The minimum Gasteiger partial charge on any atom is -0.493 e. The molecule has 0 aromatic heterocycles. The number of hydrogen-bond donors (Lipinski definition) is 1. The van der Waals surface area contributed by atoms with E-state index in [1.54, 1.807) is 0 Å². The Labute approximate surface area is 147 Å².